The molecule has 3 rings (SSSR count). The van der Waals surface area contributed by atoms with Crippen LogP contribution in [0.3, 0.4) is 0 Å². The standard InChI is InChI=1S/C18H19FN4O2S/c1-5-10(2)26-16-13-15(22(3)18(25)23(4)17(13)24)20-14(21-16)11-8-6-7-9-12(11)19/h6-10H,5H2,1-4H3/t10-/m1/s1. The topological polar surface area (TPSA) is 69.8 Å². The van der Waals surface area contributed by atoms with Crippen molar-refractivity contribution in [2.45, 2.75) is 30.5 Å². The van der Waals surface area contributed by atoms with E-state index in [1.54, 1.807) is 25.2 Å². The molecule has 3 aromatic rings. The zero-order valence-corrected chi connectivity index (χ0v) is 15.8. The minimum Gasteiger partial charge on any atom is -0.280 e. The van der Waals surface area contributed by atoms with Gasteiger partial charge in [-0.3, -0.25) is 13.9 Å². The van der Waals surface area contributed by atoms with E-state index in [0.29, 0.717) is 5.03 Å². The van der Waals surface area contributed by atoms with Crippen LogP contribution in [0.15, 0.2) is 38.9 Å². The second-order valence-electron chi connectivity index (χ2n) is 6.07. The summed E-state index contributed by atoms with van der Waals surface area (Å²) in [6, 6.07) is 6.18. The lowest BCUT2D eigenvalue weighted by molar-refractivity contribution is 0.629. The van der Waals surface area contributed by atoms with Crippen LogP contribution in [0.2, 0.25) is 0 Å². The number of thioether (sulfide) groups is 1. The molecule has 1 aromatic carbocycles. The van der Waals surface area contributed by atoms with Crippen molar-refractivity contribution < 1.29 is 4.39 Å². The number of fused-ring (bicyclic) bond motifs is 1. The molecule has 0 spiro atoms. The van der Waals surface area contributed by atoms with Crippen LogP contribution in [0.4, 0.5) is 4.39 Å². The third-order valence-electron chi connectivity index (χ3n) is 4.27. The maximum absolute atomic E-state index is 14.2. The summed E-state index contributed by atoms with van der Waals surface area (Å²) in [7, 11) is 2.96. The molecule has 1 atom stereocenters. The van der Waals surface area contributed by atoms with Crippen LogP contribution in [0, 0.1) is 5.82 Å². The van der Waals surface area contributed by atoms with E-state index in [4.69, 9.17) is 0 Å². The molecule has 2 heterocycles. The first-order chi connectivity index (χ1) is 12.3. The van der Waals surface area contributed by atoms with Gasteiger partial charge in [-0.1, -0.05) is 26.0 Å². The number of aryl methyl sites for hydroxylation is 1. The lowest BCUT2D eigenvalue weighted by atomic mass is 10.2. The van der Waals surface area contributed by atoms with Gasteiger partial charge in [-0.05, 0) is 18.6 Å². The van der Waals surface area contributed by atoms with Gasteiger partial charge in [-0.25, -0.2) is 19.2 Å². The Kier molecular flexibility index (Phi) is 4.95. The van der Waals surface area contributed by atoms with Gasteiger partial charge in [-0.2, -0.15) is 0 Å². The highest BCUT2D eigenvalue weighted by Gasteiger charge is 2.20. The average molecular weight is 374 g/mol. The van der Waals surface area contributed by atoms with Crippen LogP contribution in [-0.4, -0.2) is 24.4 Å². The third kappa shape index (κ3) is 3.05. The van der Waals surface area contributed by atoms with Gasteiger partial charge in [0, 0.05) is 19.3 Å². The minimum absolute atomic E-state index is 0.157. The normalized spacial score (nSPS) is 12.5. The van der Waals surface area contributed by atoms with E-state index < -0.39 is 17.1 Å². The largest absolute Gasteiger partial charge is 0.332 e. The summed E-state index contributed by atoms with van der Waals surface area (Å²) in [6.07, 6.45) is 0.872. The Morgan fingerprint density at radius 3 is 2.50 bits per heavy atom. The van der Waals surface area contributed by atoms with E-state index in [1.807, 2.05) is 13.8 Å². The number of nitrogens with zero attached hydrogens (tertiary/aromatic N) is 4. The molecular weight excluding hydrogens is 355 g/mol. The highest BCUT2D eigenvalue weighted by atomic mass is 32.2. The molecule has 2 aromatic heterocycles. The van der Waals surface area contributed by atoms with Crippen LogP contribution in [0.1, 0.15) is 20.3 Å². The van der Waals surface area contributed by atoms with Crippen molar-refractivity contribution in [2.75, 3.05) is 0 Å². The van der Waals surface area contributed by atoms with E-state index in [9.17, 15) is 14.0 Å². The Hall–Kier alpha value is -2.48. The third-order valence-corrected chi connectivity index (χ3v) is 5.52. The summed E-state index contributed by atoms with van der Waals surface area (Å²) in [5.41, 5.74) is -0.500. The first-order valence-corrected chi connectivity index (χ1v) is 9.12. The Morgan fingerprint density at radius 2 is 1.85 bits per heavy atom. The highest BCUT2D eigenvalue weighted by molar-refractivity contribution is 8.00. The lowest BCUT2D eigenvalue weighted by Gasteiger charge is -2.14. The zero-order chi connectivity index (χ0) is 19.0. The van der Waals surface area contributed by atoms with E-state index in [-0.39, 0.29) is 27.7 Å². The number of hydrogen-bond donors (Lipinski definition) is 0. The maximum atomic E-state index is 14.2. The van der Waals surface area contributed by atoms with Gasteiger partial charge in [-0.15, -0.1) is 11.8 Å². The van der Waals surface area contributed by atoms with Crippen LogP contribution in [-0.2, 0) is 14.1 Å². The Morgan fingerprint density at radius 1 is 1.15 bits per heavy atom. The molecule has 0 aliphatic rings. The van der Waals surface area contributed by atoms with E-state index in [0.717, 1.165) is 11.0 Å². The number of aromatic nitrogens is 4. The Balaban J connectivity index is 2.42. The van der Waals surface area contributed by atoms with E-state index in [1.165, 1.54) is 29.4 Å². The predicted octanol–water partition coefficient (Wildman–Crippen LogP) is 2.72. The first-order valence-electron chi connectivity index (χ1n) is 8.24. The summed E-state index contributed by atoms with van der Waals surface area (Å²) in [5, 5.41) is 0.933. The lowest BCUT2D eigenvalue weighted by Crippen LogP contribution is -2.37. The van der Waals surface area contributed by atoms with Gasteiger partial charge in [0.2, 0.25) is 0 Å². The fourth-order valence-electron chi connectivity index (χ4n) is 2.55. The summed E-state index contributed by atoms with van der Waals surface area (Å²) in [5.74, 6) is -0.301. The molecule has 0 saturated heterocycles. The second-order valence-corrected chi connectivity index (χ2v) is 7.50. The van der Waals surface area contributed by atoms with Crippen molar-refractivity contribution in [3.63, 3.8) is 0 Å². The Labute approximate surface area is 153 Å². The van der Waals surface area contributed by atoms with Crippen molar-refractivity contribution in [1.82, 2.24) is 19.1 Å². The van der Waals surface area contributed by atoms with Gasteiger partial charge in [0.1, 0.15) is 16.2 Å². The second kappa shape index (κ2) is 7.03. The molecule has 0 aliphatic heterocycles. The molecule has 0 saturated carbocycles. The van der Waals surface area contributed by atoms with Crippen LogP contribution in [0.25, 0.3) is 22.4 Å². The maximum Gasteiger partial charge on any atom is 0.332 e. The molecule has 6 nitrogen and oxygen atoms in total. The minimum atomic E-state index is -0.486. The summed E-state index contributed by atoms with van der Waals surface area (Å²) < 4.78 is 16.6. The first kappa shape index (κ1) is 18.3. The SMILES string of the molecule is CC[C@@H](C)Sc1nc(-c2ccccc2F)nc2c1c(=O)n(C)c(=O)n2C. The molecule has 0 amide bonds. The van der Waals surface area contributed by atoms with Crippen molar-refractivity contribution in [3.8, 4) is 11.4 Å². The highest BCUT2D eigenvalue weighted by Crippen LogP contribution is 2.30. The number of halogens is 1. The monoisotopic (exact) mass is 374 g/mol. The van der Waals surface area contributed by atoms with Crippen molar-refractivity contribution >= 4 is 22.8 Å². The van der Waals surface area contributed by atoms with Crippen LogP contribution in [0.5, 0.6) is 0 Å². The van der Waals surface area contributed by atoms with Crippen LogP contribution < -0.4 is 11.2 Å². The van der Waals surface area contributed by atoms with Crippen molar-refractivity contribution in [1.29, 1.82) is 0 Å². The van der Waals surface area contributed by atoms with Gasteiger partial charge < -0.3 is 0 Å². The molecular formula is C18H19FN4O2S. The van der Waals surface area contributed by atoms with Crippen molar-refractivity contribution in [3.05, 3.63) is 50.9 Å². The summed E-state index contributed by atoms with van der Waals surface area (Å²) in [4.78, 5) is 33.8. The molecule has 26 heavy (non-hydrogen) atoms. The number of rotatable bonds is 4. The molecule has 136 valence electrons. The summed E-state index contributed by atoms with van der Waals surface area (Å²) >= 11 is 1.42. The molecule has 0 fully saturated rings. The fourth-order valence-corrected chi connectivity index (χ4v) is 3.53. The number of benzene rings is 1. The number of hydrogen-bond acceptors (Lipinski definition) is 5. The predicted molar refractivity (Wildman–Crippen MR) is 101 cm³/mol. The molecule has 0 N–H and O–H groups in total. The summed E-state index contributed by atoms with van der Waals surface area (Å²) in [6.45, 7) is 4.06. The molecule has 8 heteroatoms. The zero-order valence-electron chi connectivity index (χ0n) is 15.0. The van der Waals surface area contributed by atoms with Gasteiger partial charge in [0.25, 0.3) is 5.56 Å². The fraction of sp³-hybridized carbons (Fsp3) is 0.333. The van der Waals surface area contributed by atoms with Gasteiger partial charge in [0.15, 0.2) is 11.5 Å². The quantitative estimate of drug-likeness (QED) is 0.519. The van der Waals surface area contributed by atoms with E-state index in [2.05, 4.69) is 9.97 Å². The molecule has 0 unspecified atom stereocenters. The Bertz CT molecular complexity index is 1110. The molecule has 0 bridgehead atoms. The van der Waals surface area contributed by atoms with Gasteiger partial charge >= 0.3 is 5.69 Å². The molecule has 0 aliphatic carbocycles. The van der Waals surface area contributed by atoms with Crippen LogP contribution >= 0.6 is 11.8 Å². The smallest absolute Gasteiger partial charge is 0.280 e. The van der Waals surface area contributed by atoms with E-state index >= 15 is 0 Å². The van der Waals surface area contributed by atoms with Gasteiger partial charge in [0.05, 0.1) is 5.56 Å². The average Bonchev–Trinajstić information content (AvgIpc) is 2.64. The molecule has 0 radical (unpaired) electrons. The van der Waals surface area contributed by atoms with Crippen molar-refractivity contribution in [2.24, 2.45) is 14.1 Å².